The molecule has 1 aliphatic rings. The third-order valence-electron chi connectivity index (χ3n) is 5.66. The average molecular weight is 377 g/mol. The zero-order chi connectivity index (χ0) is 19.7. The highest BCUT2D eigenvalue weighted by molar-refractivity contribution is 5.63. The normalized spacial score (nSPS) is 16.4. The lowest BCUT2D eigenvalue weighted by atomic mass is 10.1. The highest BCUT2D eigenvalue weighted by Gasteiger charge is 2.24. The van der Waals surface area contributed by atoms with E-state index >= 15 is 0 Å². The fraction of sp³-hybridized carbons (Fsp3) is 0.409. The maximum atomic E-state index is 4.89. The Hall–Kier alpha value is -2.73. The van der Waals surface area contributed by atoms with E-state index in [0.717, 1.165) is 60.5 Å². The van der Waals surface area contributed by atoms with E-state index in [1.54, 1.807) is 0 Å². The summed E-state index contributed by atoms with van der Waals surface area (Å²) in [4.78, 5) is 14.5. The maximum absolute atomic E-state index is 4.89. The largest absolute Gasteiger partial charge is 0.354 e. The van der Waals surface area contributed by atoms with Gasteiger partial charge in [0.15, 0.2) is 5.82 Å². The molecule has 0 aliphatic carbocycles. The molecule has 6 heteroatoms. The molecule has 1 aromatic carbocycles. The SMILES string of the molecule is Cc1cc(N2CCN(C(C)c3ccccc3)CC2)nc(-c2c(C)n[nH]c2C)n1. The fourth-order valence-electron chi connectivity index (χ4n) is 3.99. The summed E-state index contributed by atoms with van der Waals surface area (Å²) in [6, 6.07) is 13.3. The monoisotopic (exact) mass is 376 g/mol. The molecular weight excluding hydrogens is 348 g/mol. The lowest BCUT2D eigenvalue weighted by Gasteiger charge is -2.38. The van der Waals surface area contributed by atoms with Gasteiger partial charge in [0.05, 0.1) is 11.3 Å². The Kier molecular flexibility index (Phi) is 5.13. The first-order valence-electron chi connectivity index (χ1n) is 9.94. The molecule has 4 rings (SSSR count). The van der Waals surface area contributed by atoms with Crippen LogP contribution in [0.5, 0.6) is 0 Å². The zero-order valence-corrected chi connectivity index (χ0v) is 17.1. The average Bonchev–Trinajstić information content (AvgIpc) is 3.06. The van der Waals surface area contributed by atoms with E-state index in [4.69, 9.17) is 4.98 Å². The number of rotatable bonds is 4. The van der Waals surface area contributed by atoms with Gasteiger partial charge in [0.25, 0.3) is 0 Å². The van der Waals surface area contributed by atoms with E-state index in [1.807, 2.05) is 20.8 Å². The third-order valence-corrected chi connectivity index (χ3v) is 5.66. The zero-order valence-electron chi connectivity index (χ0n) is 17.1. The molecule has 1 saturated heterocycles. The van der Waals surface area contributed by atoms with Crippen LogP contribution < -0.4 is 4.90 Å². The van der Waals surface area contributed by atoms with Crippen LogP contribution in [0.3, 0.4) is 0 Å². The van der Waals surface area contributed by atoms with Crippen molar-refractivity contribution in [2.75, 3.05) is 31.1 Å². The van der Waals surface area contributed by atoms with E-state index in [0.29, 0.717) is 6.04 Å². The van der Waals surface area contributed by atoms with Crippen molar-refractivity contribution in [1.82, 2.24) is 25.1 Å². The lowest BCUT2D eigenvalue weighted by Crippen LogP contribution is -2.47. The summed E-state index contributed by atoms with van der Waals surface area (Å²) in [5.74, 6) is 1.77. The second-order valence-electron chi connectivity index (χ2n) is 7.61. The highest BCUT2D eigenvalue weighted by Crippen LogP contribution is 2.27. The van der Waals surface area contributed by atoms with Crippen molar-refractivity contribution < 1.29 is 0 Å². The van der Waals surface area contributed by atoms with Crippen molar-refractivity contribution in [1.29, 1.82) is 0 Å². The van der Waals surface area contributed by atoms with Gasteiger partial charge in [-0.3, -0.25) is 10.00 Å². The lowest BCUT2D eigenvalue weighted by molar-refractivity contribution is 0.198. The van der Waals surface area contributed by atoms with Crippen molar-refractivity contribution in [2.45, 2.75) is 33.7 Å². The number of benzene rings is 1. The minimum atomic E-state index is 0.433. The second kappa shape index (κ2) is 7.72. The first-order valence-corrected chi connectivity index (χ1v) is 9.94. The Morgan fingerprint density at radius 3 is 2.32 bits per heavy atom. The van der Waals surface area contributed by atoms with Crippen LogP contribution >= 0.6 is 0 Å². The minimum Gasteiger partial charge on any atom is -0.354 e. The van der Waals surface area contributed by atoms with Crippen molar-refractivity contribution in [3.8, 4) is 11.4 Å². The van der Waals surface area contributed by atoms with Crippen LogP contribution in [0, 0.1) is 20.8 Å². The predicted molar refractivity (Wildman–Crippen MR) is 112 cm³/mol. The van der Waals surface area contributed by atoms with Gasteiger partial charge in [0.1, 0.15) is 5.82 Å². The number of aryl methyl sites for hydroxylation is 3. The number of aromatic amines is 1. The van der Waals surface area contributed by atoms with Crippen LogP contribution in [0.2, 0.25) is 0 Å². The predicted octanol–water partition coefficient (Wildman–Crippen LogP) is 3.68. The van der Waals surface area contributed by atoms with E-state index in [1.165, 1.54) is 5.56 Å². The number of hydrogen-bond donors (Lipinski definition) is 1. The molecule has 1 unspecified atom stereocenters. The maximum Gasteiger partial charge on any atom is 0.165 e. The van der Waals surface area contributed by atoms with E-state index < -0.39 is 0 Å². The minimum absolute atomic E-state index is 0.433. The Bertz CT molecular complexity index is 921. The molecular formula is C22H28N6. The summed E-state index contributed by atoms with van der Waals surface area (Å²) in [6.07, 6.45) is 0. The van der Waals surface area contributed by atoms with Gasteiger partial charge in [0.2, 0.25) is 0 Å². The van der Waals surface area contributed by atoms with Crippen molar-refractivity contribution in [2.24, 2.45) is 0 Å². The summed E-state index contributed by atoms with van der Waals surface area (Å²) in [5.41, 5.74) is 5.33. The summed E-state index contributed by atoms with van der Waals surface area (Å²) in [6.45, 7) is 12.3. The molecule has 0 radical (unpaired) electrons. The molecule has 1 N–H and O–H groups in total. The molecule has 3 aromatic rings. The second-order valence-corrected chi connectivity index (χ2v) is 7.61. The van der Waals surface area contributed by atoms with Crippen LogP contribution in [0.25, 0.3) is 11.4 Å². The molecule has 1 fully saturated rings. The topological polar surface area (TPSA) is 60.9 Å². The van der Waals surface area contributed by atoms with Crippen LogP contribution in [0.4, 0.5) is 5.82 Å². The Morgan fingerprint density at radius 1 is 0.964 bits per heavy atom. The van der Waals surface area contributed by atoms with Crippen LogP contribution in [0.15, 0.2) is 36.4 Å². The molecule has 146 valence electrons. The number of hydrogen-bond acceptors (Lipinski definition) is 5. The molecule has 6 nitrogen and oxygen atoms in total. The number of anilines is 1. The van der Waals surface area contributed by atoms with Gasteiger partial charge in [0, 0.05) is 49.7 Å². The first-order chi connectivity index (χ1) is 13.5. The smallest absolute Gasteiger partial charge is 0.165 e. The summed E-state index contributed by atoms with van der Waals surface area (Å²) in [7, 11) is 0. The molecule has 2 aromatic heterocycles. The van der Waals surface area contributed by atoms with Crippen molar-refractivity contribution >= 4 is 5.82 Å². The molecule has 0 amide bonds. The molecule has 0 bridgehead atoms. The number of nitrogens with one attached hydrogen (secondary N) is 1. The Labute approximate surface area is 166 Å². The number of nitrogens with zero attached hydrogens (tertiary/aromatic N) is 5. The van der Waals surface area contributed by atoms with Crippen LogP contribution in [-0.4, -0.2) is 51.2 Å². The van der Waals surface area contributed by atoms with Crippen molar-refractivity contribution in [3.05, 3.63) is 59.0 Å². The Morgan fingerprint density at radius 2 is 1.68 bits per heavy atom. The number of piperazine rings is 1. The van der Waals surface area contributed by atoms with Crippen LogP contribution in [0.1, 0.15) is 35.6 Å². The van der Waals surface area contributed by atoms with Crippen molar-refractivity contribution in [3.63, 3.8) is 0 Å². The standard InChI is InChI=1S/C22H28N6/c1-15-14-20(24-22(23-15)21-16(2)25-26-17(21)3)28-12-10-27(11-13-28)18(4)19-8-6-5-7-9-19/h5-9,14,18H,10-13H2,1-4H3,(H,25,26). The Balaban J connectivity index is 1.51. The quantitative estimate of drug-likeness (QED) is 0.753. The van der Waals surface area contributed by atoms with Gasteiger partial charge < -0.3 is 4.90 Å². The summed E-state index contributed by atoms with van der Waals surface area (Å²) in [5, 5.41) is 7.33. The van der Waals surface area contributed by atoms with Gasteiger partial charge >= 0.3 is 0 Å². The van der Waals surface area contributed by atoms with E-state index in [2.05, 4.69) is 68.3 Å². The highest BCUT2D eigenvalue weighted by atomic mass is 15.3. The van der Waals surface area contributed by atoms with Gasteiger partial charge in [-0.25, -0.2) is 9.97 Å². The van der Waals surface area contributed by atoms with E-state index in [-0.39, 0.29) is 0 Å². The van der Waals surface area contributed by atoms with Gasteiger partial charge in [-0.1, -0.05) is 30.3 Å². The van der Waals surface area contributed by atoms with Gasteiger partial charge in [-0.2, -0.15) is 5.10 Å². The first kappa shape index (κ1) is 18.6. The molecule has 1 aliphatic heterocycles. The third kappa shape index (κ3) is 3.64. The van der Waals surface area contributed by atoms with Crippen LogP contribution in [-0.2, 0) is 0 Å². The molecule has 0 saturated carbocycles. The molecule has 1 atom stereocenters. The summed E-state index contributed by atoms with van der Waals surface area (Å²) < 4.78 is 0. The number of aromatic nitrogens is 4. The number of H-pyrrole nitrogens is 1. The molecule has 0 spiro atoms. The van der Waals surface area contributed by atoms with E-state index in [9.17, 15) is 0 Å². The van der Waals surface area contributed by atoms with Gasteiger partial charge in [-0.15, -0.1) is 0 Å². The summed E-state index contributed by atoms with van der Waals surface area (Å²) >= 11 is 0. The fourth-order valence-corrected chi connectivity index (χ4v) is 3.99. The molecule has 3 heterocycles. The molecule has 28 heavy (non-hydrogen) atoms. The van der Waals surface area contributed by atoms with Gasteiger partial charge in [-0.05, 0) is 33.3 Å².